The van der Waals surface area contributed by atoms with Crippen LogP contribution < -0.4 is 10.1 Å². The zero-order valence-electron chi connectivity index (χ0n) is 16.6. The summed E-state index contributed by atoms with van der Waals surface area (Å²) in [6.07, 6.45) is 2.28. The number of ether oxygens (including phenoxy) is 2. The molecular weight excluding hydrogens is 364 g/mol. The Bertz CT molecular complexity index is 1060. The molecular formula is C24H24N2O3. The number of methoxy groups -OCH3 is 1. The topological polar surface area (TPSA) is 60.5 Å². The van der Waals surface area contributed by atoms with Crippen molar-refractivity contribution in [2.45, 2.75) is 25.5 Å². The number of aromatic nitrogens is 1. The summed E-state index contributed by atoms with van der Waals surface area (Å²) in [6, 6.07) is 15.8. The SMILES string of the molecule is C=Cc1cc2c(O[C@H]3CN[C@H](C(=O)OC)C3)cc(-c3ccccc3)nc2cc1C. The molecule has 1 aliphatic rings. The van der Waals surface area contributed by atoms with Crippen LogP contribution in [0.4, 0.5) is 0 Å². The normalized spacial score (nSPS) is 18.6. The number of carbonyl (C=O) groups excluding carboxylic acids is 1. The van der Waals surface area contributed by atoms with Crippen LogP contribution in [0.15, 0.2) is 55.1 Å². The van der Waals surface area contributed by atoms with Crippen molar-refractivity contribution in [1.82, 2.24) is 10.3 Å². The van der Waals surface area contributed by atoms with Gasteiger partial charge in [-0.2, -0.15) is 0 Å². The molecule has 0 spiro atoms. The van der Waals surface area contributed by atoms with Crippen LogP contribution in [0.5, 0.6) is 5.75 Å². The van der Waals surface area contributed by atoms with Gasteiger partial charge < -0.3 is 14.8 Å². The van der Waals surface area contributed by atoms with Crippen molar-refractivity contribution in [3.63, 3.8) is 0 Å². The van der Waals surface area contributed by atoms with Crippen molar-refractivity contribution in [3.05, 3.63) is 66.2 Å². The second-order valence-corrected chi connectivity index (χ2v) is 7.26. The molecule has 148 valence electrons. The summed E-state index contributed by atoms with van der Waals surface area (Å²) in [5.41, 5.74) is 4.92. The predicted octanol–water partition coefficient (Wildman–Crippen LogP) is 4.14. The van der Waals surface area contributed by atoms with E-state index in [-0.39, 0.29) is 18.1 Å². The summed E-state index contributed by atoms with van der Waals surface area (Å²) in [5, 5.41) is 4.11. The summed E-state index contributed by atoms with van der Waals surface area (Å²) in [6.45, 7) is 6.55. The number of esters is 1. The molecule has 0 unspecified atom stereocenters. The van der Waals surface area contributed by atoms with Gasteiger partial charge in [-0.15, -0.1) is 0 Å². The summed E-state index contributed by atoms with van der Waals surface area (Å²) >= 11 is 0. The molecule has 4 rings (SSSR count). The molecule has 0 bridgehead atoms. The first-order chi connectivity index (χ1) is 14.1. The Labute approximate surface area is 170 Å². The number of benzene rings is 2. The Morgan fingerprint density at radius 3 is 2.76 bits per heavy atom. The molecule has 0 radical (unpaired) electrons. The standard InChI is InChI=1S/C24H24N2O3/c1-4-16-11-19-21(10-15(16)2)26-20(17-8-6-5-7-9-17)13-23(19)29-18-12-22(25-14-18)24(27)28-3/h4-11,13,18,22,25H,1,12,14H2,2-3H3/t18-,22+/m1/s1. The molecule has 1 aromatic heterocycles. The van der Waals surface area contributed by atoms with Gasteiger partial charge in [-0.05, 0) is 30.2 Å². The summed E-state index contributed by atoms with van der Waals surface area (Å²) in [4.78, 5) is 16.7. The smallest absolute Gasteiger partial charge is 0.323 e. The molecule has 1 saturated heterocycles. The lowest BCUT2D eigenvalue weighted by atomic mass is 10.0. The third-order valence-electron chi connectivity index (χ3n) is 5.32. The lowest BCUT2D eigenvalue weighted by Crippen LogP contribution is -2.31. The van der Waals surface area contributed by atoms with Crippen molar-refractivity contribution in [3.8, 4) is 17.0 Å². The number of hydrogen-bond donors (Lipinski definition) is 1. The van der Waals surface area contributed by atoms with Gasteiger partial charge in [0.2, 0.25) is 0 Å². The third kappa shape index (κ3) is 3.87. The number of nitrogens with one attached hydrogen (secondary N) is 1. The molecule has 3 aromatic rings. The molecule has 1 fully saturated rings. The number of rotatable bonds is 5. The Hall–Kier alpha value is -3.18. The van der Waals surface area contributed by atoms with Gasteiger partial charge in [-0.3, -0.25) is 4.79 Å². The van der Waals surface area contributed by atoms with E-state index in [1.165, 1.54) is 7.11 Å². The number of carbonyl (C=O) groups is 1. The first kappa shape index (κ1) is 19.2. The molecule has 0 saturated carbocycles. The number of fused-ring (bicyclic) bond motifs is 1. The highest BCUT2D eigenvalue weighted by molar-refractivity contribution is 5.90. The Kier molecular flexibility index (Phi) is 5.32. The first-order valence-electron chi connectivity index (χ1n) is 9.70. The summed E-state index contributed by atoms with van der Waals surface area (Å²) < 4.78 is 11.2. The Morgan fingerprint density at radius 2 is 2.03 bits per heavy atom. The van der Waals surface area contributed by atoms with Crippen LogP contribution in [0.25, 0.3) is 28.2 Å². The van der Waals surface area contributed by atoms with E-state index in [0.29, 0.717) is 13.0 Å². The zero-order chi connectivity index (χ0) is 20.4. The van der Waals surface area contributed by atoms with Crippen molar-refractivity contribution < 1.29 is 14.3 Å². The van der Waals surface area contributed by atoms with E-state index < -0.39 is 0 Å². The molecule has 29 heavy (non-hydrogen) atoms. The number of aryl methyl sites for hydroxylation is 1. The van der Waals surface area contributed by atoms with Crippen LogP contribution in [0.2, 0.25) is 0 Å². The van der Waals surface area contributed by atoms with Gasteiger partial charge in [-0.25, -0.2) is 4.98 Å². The highest BCUT2D eigenvalue weighted by atomic mass is 16.5. The molecule has 2 heterocycles. The fraction of sp³-hybridized carbons (Fsp3) is 0.250. The molecule has 1 aliphatic heterocycles. The number of hydrogen-bond acceptors (Lipinski definition) is 5. The lowest BCUT2D eigenvalue weighted by Gasteiger charge is -2.17. The van der Waals surface area contributed by atoms with Crippen molar-refractivity contribution in [1.29, 1.82) is 0 Å². The maximum absolute atomic E-state index is 11.8. The second-order valence-electron chi connectivity index (χ2n) is 7.26. The maximum Gasteiger partial charge on any atom is 0.323 e. The molecule has 2 aromatic carbocycles. The van der Waals surface area contributed by atoms with Crippen LogP contribution in [0, 0.1) is 6.92 Å². The minimum absolute atomic E-state index is 0.123. The van der Waals surface area contributed by atoms with E-state index in [4.69, 9.17) is 14.5 Å². The van der Waals surface area contributed by atoms with E-state index in [1.54, 1.807) is 0 Å². The van der Waals surface area contributed by atoms with Gasteiger partial charge >= 0.3 is 5.97 Å². The van der Waals surface area contributed by atoms with Crippen molar-refractivity contribution in [2.24, 2.45) is 0 Å². The van der Waals surface area contributed by atoms with Crippen molar-refractivity contribution >= 4 is 22.9 Å². The van der Waals surface area contributed by atoms with E-state index in [2.05, 4.69) is 31.0 Å². The van der Waals surface area contributed by atoms with Gasteiger partial charge in [0.25, 0.3) is 0 Å². The van der Waals surface area contributed by atoms with Gasteiger partial charge in [-0.1, -0.05) is 43.0 Å². The van der Waals surface area contributed by atoms with Gasteiger partial charge in [0.05, 0.1) is 18.3 Å². The largest absolute Gasteiger partial charge is 0.488 e. The number of pyridine rings is 1. The fourth-order valence-corrected chi connectivity index (χ4v) is 3.73. The fourth-order valence-electron chi connectivity index (χ4n) is 3.73. The maximum atomic E-state index is 11.8. The van der Waals surface area contributed by atoms with Gasteiger partial charge in [0.15, 0.2) is 0 Å². The Balaban J connectivity index is 1.76. The second kappa shape index (κ2) is 8.05. The van der Waals surface area contributed by atoms with E-state index in [1.807, 2.05) is 42.5 Å². The lowest BCUT2D eigenvalue weighted by molar-refractivity contribution is -0.142. The van der Waals surface area contributed by atoms with Crippen LogP contribution in [-0.4, -0.2) is 36.8 Å². The highest BCUT2D eigenvalue weighted by Crippen LogP contribution is 2.33. The zero-order valence-corrected chi connectivity index (χ0v) is 16.6. The monoisotopic (exact) mass is 388 g/mol. The van der Waals surface area contributed by atoms with Crippen molar-refractivity contribution in [2.75, 3.05) is 13.7 Å². The van der Waals surface area contributed by atoms with Crippen LogP contribution in [-0.2, 0) is 9.53 Å². The molecule has 5 nitrogen and oxygen atoms in total. The Morgan fingerprint density at radius 1 is 1.24 bits per heavy atom. The number of nitrogens with zero attached hydrogens (tertiary/aromatic N) is 1. The molecule has 2 atom stereocenters. The average Bonchev–Trinajstić information content (AvgIpc) is 3.21. The molecule has 5 heteroatoms. The van der Waals surface area contributed by atoms with E-state index in [0.717, 1.165) is 39.0 Å². The predicted molar refractivity (Wildman–Crippen MR) is 115 cm³/mol. The summed E-state index contributed by atoms with van der Waals surface area (Å²) in [5.74, 6) is 0.500. The van der Waals surface area contributed by atoms with E-state index >= 15 is 0 Å². The quantitative estimate of drug-likeness (QED) is 0.666. The van der Waals surface area contributed by atoms with Crippen LogP contribution in [0.3, 0.4) is 0 Å². The average molecular weight is 388 g/mol. The third-order valence-corrected chi connectivity index (χ3v) is 5.32. The van der Waals surface area contributed by atoms with Crippen LogP contribution in [0.1, 0.15) is 17.5 Å². The molecule has 0 aliphatic carbocycles. The van der Waals surface area contributed by atoms with Gasteiger partial charge in [0, 0.05) is 30.0 Å². The minimum atomic E-state index is -0.335. The van der Waals surface area contributed by atoms with Gasteiger partial charge in [0.1, 0.15) is 17.9 Å². The van der Waals surface area contributed by atoms with Crippen LogP contribution >= 0.6 is 0 Å². The minimum Gasteiger partial charge on any atom is -0.488 e. The first-order valence-corrected chi connectivity index (χ1v) is 9.70. The molecule has 1 N–H and O–H groups in total. The molecule has 0 amide bonds. The van der Waals surface area contributed by atoms with E-state index in [9.17, 15) is 4.79 Å². The summed E-state index contributed by atoms with van der Waals surface area (Å²) in [7, 11) is 1.40. The highest BCUT2D eigenvalue weighted by Gasteiger charge is 2.31.